The molecule has 0 fully saturated rings. The molecule has 0 amide bonds. The summed E-state index contributed by atoms with van der Waals surface area (Å²) in [6, 6.07) is 0. The van der Waals surface area contributed by atoms with Crippen molar-refractivity contribution in [3.63, 3.8) is 0 Å². The van der Waals surface area contributed by atoms with Crippen molar-refractivity contribution in [1.29, 1.82) is 0 Å². The first-order valence-electron chi connectivity index (χ1n) is 8.63. The SMILES string of the molecule is C.C.C.C.C.C.C.CC(O)CCC(C)C(C)(CCC(C)O)C(C)CCC(C)O. The quantitative estimate of drug-likeness (QED) is 0.319. The molecule has 0 aromatic rings. The molecule has 0 spiro atoms. The van der Waals surface area contributed by atoms with E-state index in [1.807, 2.05) is 20.8 Å². The number of aliphatic hydroxyl groups is 3. The predicted molar refractivity (Wildman–Crippen MR) is 136 cm³/mol. The van der Waals surface area contributed by atoms with Crippen molar-refractivity contribution in [3.8, 4) is 0 Å². The van der Waals surface area contributed by atoms with E-state index in [0.29, 0.717) is 11.8 Å². The Morgan fingerprint density at radius 2 is 0.750 bits per heavy atom. The fourth-order valence-corrected chi connectivity index (χ4v) is 3.14. The molecule has 0 saturated carbocycles. The Morgan fingerprint density at radius 3 is 0.964 bits per heavy atom. The van der Waals surface area contributed by atoms with E-state index < -0.39 is 0 Å². The van der Waals surface area contributed by atoms with Gasteiger partial charge in [-0.3, -0.25) is 0 Å². The van der Waals surface area contributed by atoms with E-state index in [9.17, 15) is 15.3 Å². The summed E-state index contributed by atoms with van der Waals surface area (Å²) in [5, 5.41) is 28.7. The Kier molecular flexibility index (Phi) is 45.4. The van der Waals surface area contributed by atoms with Crippen molar-refractivity contribution in [2.45, 2.75) is 150 Å². The molecule has 0 saturated heterocycles. The second kappa shape index (κ2) is 24.9. The van der Waals surface area contributed by atoms with E-state index in [0.717, 1.165) is 38.5 Å². The Balaban J connectivity index is -0.0000000952. The molecule has 0 aromatic carbocycles. The zero-order valence-electron chi connectivity index (χ0n) is 15.0. The van der Waals surface area contributed by atoms with Crippen molar-refractivity contribution in [1.82, 2.24) is 0 Å². The number of hydrogen-bond acceptors (Lipinski definition) is 3. The summed E-state index contributed by atoms with van der Waals surface area (Å²) in [5.74, 6) is 0.990. The summed E-state index contributed by atoms with van der Waals surface area (Å²) < 4.78 is 0. The second-order valence-electron chi connectivity index (χ2n) is 7.55. The van der Waals surface area contributed by atoms with Crippen molar-refractivity contribution in [2.75, 3.05) is 0 Å². The van der Waals surface area contributed by atoms with Crippen LogP contribution >= 0.6 is 0 Å². The van der Waals surface area contributed by atoms with Crippen LogP contribution < -0.4 is 0 Å². The van der Waals surface area contributed by atoms with Crippen LogP contribution in [0.5, 0.6) is 0 Å². The van der Waals surface area contributed by atoms with Gasteiger partial charge in [-0.2, -0.15) is 0 Å². The maximum absolute atomic E-state index is 9.64. The van der Waals surface area contributed by atoms with Crippen molar-refractivity contribution in [3.05, 3.63) is 0 Å². The molecule has 0 aliphatic carbocycles. The minimum atomic E-state index is -0.266. The average Bonchev–Trinajstić information content (AvgIpc) is 2.38. The van der Waals surface area contributed by atoms with E-state index in [4.69, 9.17) is 0 Å². The molecule has 3 heteroatoms. The first-order chi connectivity index (χ1) is 9.59. The van der Waals surface area contributed by atoms with E-state index in [1.54, 1.807) is 0 Å². The highest BCUT2D eigenvalue weighted by atomic mass is 16.3. The van der Waals surface area contributed by atoms with Gasteiger partial charge in [0.1, 0.15) is 0 Å². The molecule has 0 radical (unpaired) electrons. The van der Waals surface area contributed by atoms with Gasteiger partial charge >= 0.3 is 0 Å². The van der Waals surface area contributed by atoms with E-state index in [2.05, 4.69) is 20.8 Å². The minimum Gasteiger partial charge on any atom is -0.393 e. The Bertz CT molecular complexity index is 245. The lowest BCUT2D eigenvalue weighted by Gasteiger charge is -2.42. The topological polar surface area (TPSA) is 60.7 Å². The molecule has 0 rings (SSSR count). The van der Waals surface area contributed by atoms with Gasteiger partial charge in [0.2, 0.25) is 0 Å². The molecule has 3 N–H and O–H groups in total. The highest BCUT2D eigenvalue weighted by Gasteiger charge is 2.36. The number of hydrogen-bond donors (Lipinski definition) is 3. The van der Waals surface area contributed by atoms with Crippen LogP contribution in [0.3, 0.4) is 0 Å². The van der Waals surface area contributed by atoms with Gasteiger partial charge in [-0.05, 0) is 76.5 Å². The molecule has 0 heterocycles. The summed E-state index contributed by atoms with van der Waals surface area (Å²) in [6.45, 7) is 12.4. The second-order valence-corrected chi connectivity index (χ2v) is 7.55. The molecule has 0 aromatic heterocycles. The molecule has 28 heavy (non-hydrogen) atoms. The van der Waals surface area contributed by atoms with Crippen LogP contribution in [-0.2, 0) is 0 Å². The average molecular weight is 415 g/mol. The van der Waals surface area contributed by atoms with Gasteiger partial charge in [-0.1, -0.05) is 72.8 Å². The fourth-order valence-electron chi connectivity index (χ4n) is 3.14. The third kappa shape index (κ3) is 20.6. The monoisotopic (exact) mass is 415 g/mol. The summed E-state index contributed by atoms with van der Waals surface area (Å²) in [6.07, 6.45) is 4.71. The molecule has 184 valence electrons. The maximum Gasteiger partial charge on any atom is 0.0512 e. The van der Waals surface area contributed by atoms with E-state index >= 15 is 0 Å². The van der Waals surface area contributed by atoms with Crippen LogP contribution in [0.4, 0.5) is 0 Å². The summed E-state index contributed by atoms with van der Waals surface area (Å²) >= 11 is 0. The van der Waals surface area contributed by atoms with Gasteiger partial charge in [-0.15, -0.1) is 0 Å². The zero-order valence-corrected chi connectivity index (χ0v) is 15.0. The first kappa shape index (κ1) is 51.0. The third-order valence-electron chi connectivity index (χ3n) is 5.39. The van der Waals surface area contributed by atoms with Crippen LogP contribution in [0, 0.1) is 17.3 Å². The molecule has 5 unspecified atom stereocenters. The lowest BCUT2D eigenvalue weighted by molar-refractivity contribution is 0.0472. The minimum absolute atomic E-state index is 0. The van der Waals surface area contributed by atoms with E-state index in [1.165, 1.54) is 0 Å². The van der Waals surface area contributed by atoms with Crippen molar-refractivity contribution in [2.24, 2.45) is 17.3 Å². The molecule has 3 nitrogen and oxygen atoms in total. The molecule has 0 aliphatic rings. The van der Waals surface area contributed by atoms with Gasteiger partial charge in [0.05, 0.1) is 18.3 Å². The van der Waals surface area contributed by atoms with E-state index in [-0.39, 0.29) is 75.7 Å². The molecular weight excluding hydrogens is 348 g/mol. The van der Waals surface area contributed by atoms with Gasteiger partial charge in [-0.25, -0.2) is 0 Å². The summed E-state index contributed by atoms with van der Waals surface area (Å²) in [7, 11) is 0. The van der Waals surface area contributed by atoms with Crippen LogP contribution in [0.2, 0.25) is 0 Å². The van der Waals surface area contributed by atoms with Crippen molar-refractivity contribution < 1.29 is 15.3 Å². The lowest BCUT2D eigenvalue weighted by Crippen LogP contribution is -2.34. The molecular formula is C25H66O3. The largest absolute Gasteiger partial charge is 0.393 e. The van der Waals surface area contributed by atoms with Crippen molar-refractivity contribution >= 4 is 0 Å². The first-order valence-corrected chi connectivity index (χ1v) is 8.63. The van der Waals surface area contributed by atoms with Crippen LogP contribution in [0.1, 0.15) is 132 Å². The highest BCUT2D eigenvalue weighted by Crippen LogP contribution is 2.44. The zero-order chi connectivity index (χ0) is 16.6. The normalized spacial score (nSPS) is 16.6. The van der Waals surface area contributed by atoms with Gasteiger partial charge < -0.3 is 15.3 Å². The Hall–Kier alpha value is -0.120. The van der Waals surface area contributed by atoms with Crippen LogP contribution in [-0.4, -0.2) is 33.6 Å². The summed E-state index contributed by atoms with van der Waals surface area (Å²) in [5.41, 5.74) is 0.140. The molecule has 5 atom stereocenters. The Labute approximate surface area is 183 Å². The fraction of sp³-hybridized carbons (Fsp3) is 1.00. The van der Waals surface area contributed by atoms with Crippen LogP contribution in [0.25, 0.3) is 0 Å². The predicted octanol–water partition coefficient (Wildman–Crippen LogP) is 8.20. The van der Waals surface area contributed by atoms with Gasteiger partial charge in [0.15, 0.2) is 0 Å². The van der Waals surface area contributed by atoms with Gasteiger partial charge in [0, 0.05) is 0 Å². The number of rotatable bonds is 11. The van der Waals surface area contributed by atoms with Crippen LogP contribution in [0.15, 0.2) is 0 Å². The third-order valence-corrected chi connectivity index (χ3v) is 5.39. The summed E-state index contributed by atoms with van der Waals surface area (Å²) in [4.78, 5) is 0. The standard InChI is InChI=1S/C18H38O3.7CH4/c1-13(7-9-15(3)19)18(6,12-11-17(5)21)14(2)8-10-16(4)20;;;;;;;/h13-17,19-21H,7-12H2,1-6H3;7*1H4. The van der Waals surface area contributed by atoms with Gasteiger partial charge in [0.25, 0.3) is 0 Å². The number of aliphatic hydroxyl groups excluding tert-OH is 3. The molecule has 0 aliphatic heterocycles. The lowest BCUT2D eigenvalue weighted by atomic mass is 9.63. The smallest absolute Gasteiger partial charge is 0.0512 e. The highest BCUT2D eigenvalue weighted by molar-refractivity contribution is 4.86. The molecule has 0 bridgehead atoms. The maximum atomic E-state index is 9.64. The Morgan fingerprint density at radius 1 is 0.500 bits per heavy atom.